The molecule has 1 aliphatic heterocycles. The Kier molecular flexibility index (Phi) is 8.29. The first-order chi connectivity index (χ1) is 15.0. The van der Waals surface area contributed by atoms with E-state index in [1.54, 1.807) is 0 Å². The Hall–Kier alpha value is -3.06. The molecule has 3 rings (SSSR count). The zero-order valence-corrected chi connectivity index (χ0v) is 18.4. The van der Waals surface area contributed by atoms with Gasteiger partial charge in [-0.3, -0.25) is 9.69 Å². The maximum atomic E-state index is 11.1. The summed E-state index contributed by atoms with van der Waals surface area (Å²) in [6.07, 6.45) is 1.90. The van der Waals surface area contributed by atoms with E-state index in [0.717, 1.165) is 55.5 Å². The minimum atomic E-state index is -0.271. The van der Waals surface area contributed by atoms with Crippen molar-refractivity contribution in [3.8, 4) is 11.5 Å². The van der Waals surface area contributed by atoms with E-state index in [0.29, 0.717) is 19.1 Å². The molecule has 1 fully saturated rings. The second kappa shape index (κ2) is 11.4. The maximum absolute atomic E-state index is 11.1. The molecule has 2 aromatic rings. The van der Waals surface area contributed by atoms with E-state index >= 15 is 0 Å². The molecule has 1 aliphatic rings. The highest BCUT2D eigenvalue weighted by Crippen LogP contribution is 2.26. The highest BCUT2D eigenvalue weighted by molar-refractivity contribution is 5.80. The number of aryl methyl sites for hydroxylation is 1. The number of likely N-dealkylation sites (tertiary alicyclic amines) is 1. The number of nitrogens with one attached hydrogen (secondary N) is 2. The van der Waals surface area contributed by atoms with E-state index in [1.165, 1.54) is 5.56 Å². The summed E-state index contributed by atoms with van der Waals surface area (Å²) < 4.78 is 6.10. The van der Waals surface area contributed by atoms with Crippen molar-refractivity contribution in [3.63, 3.8) is 0 Å². The van der Waals surface area contributed by atoms with Gasteiger partial charge in [0.25, 0.3) is 0 Å². The third kappa shape index (κ3) is 7.29. The second-order valence-corrected chi connectivity index (χ2v) is 7.88. The van der Waals surface area contributed by atoms with Gasteiger partial charge in [0.2, 0.25) is 5.91 Å². The molecule has 0 unspecified atom stereocenters. The smallest absolute Gasteiger partial charge is 0.231 e. The highest BCUT2D eigenvalue weighted by Gasteiger charge is 2.20. The molecule has 1 saturated heterocycles. The average Bonchev–Trinajstić information content (AvgIpc) is 2.76. The standard InChI is InChI=1S/C24H33N5O2/c1-3-26-24(28-20-12-14-29(15-13-20)17-23(25)30)27-16-19-6-4-5-7-22(19)31-21-10-8-18(2)9-11-21/h4-11,20H,3,12-17H2,1-2H3,(H2,25,30)(H2,26,27,28). The van der Waals surface area contributed by atoms with Crippen molar-refractivity contribution in [1.82, 2.24) is 15.5 Å². The van der Waals surface area contributed by atoms with Gasteiger partial charge in [-0.25, -0.2) is 4.99 Å². The summed E-state index contributed by atoms with van der Waals surface area (Å²) in [5.41, 5.74) is 7.53. The number of hydrogen-bond donors (Lipinski definition) is 3. The Morgan fingerprint density at radius 1 is 1.16 bits per heavy atom. The number of carbonyl (C=O) groups is 1. The number of benzene rings is 2. The SMILES string of the molecule is CCNC(=NCc1ccccc1Oc1ccc(C)cc1)NC1CCN(CC(N)=O)CC1. The van der Waals surface area contributed by atoms with Crippen molar-refractivity contribution in [2.45, 2.75) is 39.3 Å². The average molecular weight is 424 g/mol. The van der Waals surface area contributed by atoms with Crippen LogP contribution in [0, 0.1) is 6.92 Å². The van der Waals surface area contributed by atoms with E-state index in [1.807, 2.05) is 48.5 Å². The van der Waals surface area contributed by atoms with Crippen molar-refractivity contribution in [3.05, 3.63) is 59.7 Å². The maximum Gasteiger partial charge on any atom is 0.231 e. The Labute approximate surface area is 184 Å². The van der Waals surface area contributed by atoms with Crippen molar-refractivity contribution in [2.24, 2.45) is 10.7 Å². The summed E-state index contributed by atoms with van der Waals surface area (Å²) in [6.45, 7) is 7.45. The molecule has 7 nitrogen and oxygen atoms in total. The first-order valence-corrected chi connectivity index (χ1v) is 10.9. The van der Waals surface area contributed by atoms with E-state index in [4.69, 9.17) is 15.5 Å². The van der Waals surface area contributed by atoms with E-state index < -0.39 is 0 Å². The number of rotatable bonds is 8. The van der Waals surface area contributed by atoms with Crippen LogP contribution >= 0.6 is 0 Å². The fourth-order valence-corrected chi connectivity index (χ4v) is 3.60. The summed E-state index contributed by atoms with van der Waals surface area (Å²) in [5.74, 6) is 2.15. The molecule has 0 bridgehead atoms. The Bertz CT molecular complexity index is 874. The molecule has 1 amide bonds. The number of piperidine rings is 1. The lowest BCUT2D eigenvalue weighted by atomic mass is 10.1. The van der Waals surface area contributed by atoms with Crippen molar-refractivity contribution in [1.29, 1.82) is 0 Å². The van der Waals surface area contributed by atoms with Crippen LogP contribution in [-0.2, 0) is 11.3 Å². The number of para-hydroxylation sites is 1. The molecule has 0 spiro atoms. The van der Waals surface area contributed by atoms with Crippen LogP contribution in [-0.4, -0.2) is 49.0 Å². The fourth-order valence-electron chi connectivity index (χ4n) is 3.60. The summed E-state index contributed by atoms with van der Waals surface area (Å²) in [6, 6.07) is 16.3. The molecule has 7 heteroatoms. The molecule has 0 aromatic heterocycles. The number of amides is 1. The predicted molar refractivity (Wildman–Crippen MR) is 124 cm³/mol. The van der Waals surface area contributed by atoms with Gasteiger partial charge in [0, 0.05) is 31.2 Å². The third-order valence-electron chi connectivity index (χ3n) is 5.28. The largest absolute Gasteiger partial charge is 0.457 e. The lowest BCUT2D eigenvalue weighted by molar-refractivity contribution is -0.119. The van der Waals surface area contributed by atoms with Gasteiger partial charge in [-0.2, -0.15) is 0 Å². The molecule has 31 heavy (non-hydrogen) atoms. The molecule has 1 heterocycles. The molecule has 166 valence electrons. The molecular weight excluding hydrogens is 390 g/mol. The van der Waals surface area contributed by atoms with Crippen LogP contribution in [0.3, 0.4) is 0 Å². The minimum absolute atomic E-state index is 0.271. The quantitative estimate of drug-likeness (QED) is 0.449. The Morgan fingerprint density at radius 2 is 1.87 bits per heavy atom. The number of nitrogens with two attached hydrogens (primary N) is 1. The predicted octanol–water partition coefficient (Wildman–Crippen LogP) is 2.79. The number of aliphatic imine (C=N–C) groups is 1. The summed E-state index contributed by atoms with van der Waals surface area (Å²) in [4.78, 5) is 18.0. The van der Waals surface area contributed by atoms with Gasteiger partial charge >= 0.3 is 0 Å². The fraction of sp³-hybridized carbons (Fsp3) is 0.417. The lowest BCUT2D eigenvalue weighted by Gasteiger charge is -2.32. The zero-order chi connectivity index (χ0) is 22.1. The number of primary amides is 1. The molecule has 4 N–H and O–H groups in total. The van der Waals surface area contributed by atoms with Crippen LogP contribution in [0.2, 0.25) is 0 Å². The third-order valence-corrected chi connectivity index (χ3v) is 5.28. The van der Waals surface area contributed by atoms with Crippen LogP contribution in [0.4, 0.5) is 0 Å². The number of carbonyl (C=O) groups excluding carboxylic acids is 1. The van der Waals surface area contributed by atoms with E-state index in [-0.39, 0.29) is 5.91 Å². The van der Waals surface area contributed by atoms with Crippen LogP contribution in [0.15, 0.2) is 53.5 Å². The molecule has 0 aliphatic carbocycles. The van der Waals surface area contributed by atoms with Gasteiger partial charge in [0.15, 0.2) is 5.96 Å². The molecule has 0 saturated carbocycles. The molecule has 2 aromatic carbocycles. The van der Waals surface area contributed by atoms with Crippen molar-refractivity contribution in [2.75, 3.05) is 26.2 Å². The van der Waals surface area contributed by atoms with E-state index in [9.17, 15) is 4.79 Å². The van der Waals surface area contributed by atoms with Gasteiger partial charge in [0.1, 0.15) is 11.5 Å². The van der Waals surface area contributed by atoms with Crippen molar-refractivity contribution >= 4 is 11.9 Å². The summed E-state index contributed by atoms with van der Waals surface area (Å²) >= 11 is 0. The first kappa shape index (κ1) is 22.6. The zero-order valence-electron chi connectivity index (χ0n) is 18.4. The van der Waals surface area contributed by atoms with Crippen LogP contribution in [0.25, 0.3) is 0 Å². The monoisotopic (exact) mass is 423 g/mol. The normalized spacial score (nSPS) is 15.5. The topological polar surface area (TPSA) is 92.0 Å². The van der Waals surface area contributed by atoms with Crippen LogP contribution in [0.5, 0.6) is 11.5 Å². The van der Waals surface area contributed by atoms with Gasteiger partial charge < -0.3 is 21.1 Å². The Morgan fingerprint density at radius 3 is 2.55 bits per heavy atom. The van der Waals surface area contributed by atoms with Gasteiger partial charge in [0.05, 0.1) is 13.1 Å². The number of ether oxygens (including phenoxy) is 1. The van der Waals surface area contributed by atoms with Crippen molar-refractivity contribution < 1.29 is 9.53 Å². The van der Waals surface area contributed by atoms with Gasteiger partial charge in [-0.1, -0.05) is 35.9 Å². The Balaban J connectivity index is 1.61. The summed E-state index contributed by atoms with van der Waals surface area (Å²) in [7, 11) is 0. The second-order valence-electron chi connectivity index (χ2n) is 7.88. The lowest BCUT2D eigenvalue weighted by Crippen LogP contribution is -2.49. The molecule has 0 radical (unpaired) electrons. The van der Waals surface area contributed by atoms with Gasteiger partial charge in [-0.05, 0) is 44.9 Å². The highest BCUT2D eigenvalue weighted by atomic mass is 16.5. The molecule has 0 atom stereocenters. The number of guanidine groups is 1. The number of hydrogen-bond acceptors (Lipinski definition) is 4. The number of nitrogens with zero attached hydrogens (tertiary/aromatic N) is 2. The van der Waals surface area contributed by atoms with Gasteiger partial charge in [-0.15, -0.1) is 0 Å². The minimum Gasteiger partial charge on any atom is -0.457 e. The summed E-state index contributed by atoms with van der Waals surface area (Å²) in [5, 5.41) is 6.86. The van der Waals surface area contributed by atoms with E-state index in [2.05, 4.69) is 29.4 Å². The first-order valence-electron chi connectivity index (χ1n) is 10.9. The van der Waals surface area contributed by atoms with Crippen LogP contribution in [0.1, 0.15) is 30.9 Å². The molecular formula is C24H33N5O2. The van der Waals surface area contributed by atoms with Crippen LogP contribution < -0.4 is 21.1 Å².